The van der Waals surface area contributed by atoms with Gasteiger partial charge in [0.05, 0.1) is 25.7 Å². The van der Waals surface area contributed by atoms with Gasteiger partial charge in [-0.2, -0.15) is 0 Å². The number of hydrogen-bond acceptors (Lipinski definition) is 4. The van der Waals surface area contributed by atoms with Gasteiger partial charge in [-0.1, -0.05) is 58.0 Å². The highest BCUT2D eigenvalue weighted by atomic mass is 28.4. The molecule has 154 valence electrons. The number of amides is 1. The Labute approximate surface area is 166 Å². The van der Waals surface area contributed by atoms with Crippen LogP contribution in [0.5, 0.6) is 0 Å². The van der Waals surface area contributed by atoms with Crippen LogP contribution in [0.3, 0.4) is 0 Å². The van der Waals surface area contributed by atoms with E-state index in [4.69, 9.17) is 14.0 Å². The average Bonchev–Trinajstić information content (AvgIpc) is 2.62. The first kappa shape index (κ1) is 23.8. The molecule has 6 heteroatoms. The van der Waals surface area contributed by atoms with Crippen molar-refractivity contribution >= 4 is 14.2 Å². The number of hydroxylamine groups is 2. The second-order valence-electron chi connectivity index (χ2n) is 8.55. The van der Waals surface area contributed by atoms with E-state index in [-0.39, 0.29) is 23.0 Å². The third-order valence-corrected chi connectivity index (χ3v) is 9.95. The van der Waals surface area contributed by atoms with Crippen molar-refractivity contribution in [1.82, 2.24) is 5.06 Å². The lowest BCUT2D eigenvalue weighted by Gasteiger charge is -2.41. The van der Waals surface area contributed by atoms with Gasteiger partial charge in [0.25, 0.3) is 5.91 Å². The van der Waals surface area contributed by atoms with Crippen LogP contribution in [0.25, 0.3) is 0 Å². The summed E-state index contributed by atoms with van der Waals surface area (Å²) in [5.74, 6) is -0.381. The molecule has 0 aliphatic carbocycles. The third kappa shape index (κ3) is 7.37. The Balaban J connectivity index is 2.76. The first-order valence-electron chi connectivity index (χ1n) is 9.60. The predicted molar refractivity (Wildman–Crippen MR) is 112 cm³/mol. The van der Waals surface area contributed by atoms with Crippen molar-refractivity contribution in [2.75, 3.05) is 20.8 Å². The minimum Gasteiger partial charge on any atom is -0.413 e. The Morgan fingerprint density at radius 1 is 1.19 bits per heavy atom. The van der Waals surface area contributed by atoms with Gasteiger partial charge < -0.3 is 9.16 Å². The molecule has 2 atom stereocenters. The molecule has 0 aliphatic heterocycles. The van der Waals surface area contributed by atoms with Gasteiger partial charge in [0.2, 0.25) is 0 Å². The summed E-state index contributed by atoms with van der Waals surface area (Å²) in [7, 11) is 1.12. The van der Waals surface area contributed by atoms with Crippen molar-refractivity contribution in [3.63, 3.8) is 0 Å². The first-order valence-corrected chi connectivity index (χ1v) is 12.5. The monoisotopic (exact) mass is 395 g/mol. The number of hydrogen-bond donors (Lipinski definition) is 0. The minimum atomic E-state index is -2.01. The van der Waals surface area contributed by atoms with Gasteiger partial charge in [-0.15, -0.1) is 0 Å². The fourth-order valence-electron chi connectivity index (χ4n) is 2.47. The SMILES string of the molecule is CON(C)C(=O)[C@H](C)[C@H](CCOCc1ccccc1)O[Si](C)(C)C(C)(C)C. The highest BCUT2D eigenvalue weighted by Gasteiger charge is 2.41. The Bertz CT molecular complexity index is 571. The molecule has 1 rings (SSSR count). The summed E-state index contributed by atoms with van der Waals surface area (Å²) in [5, 5.41) is 1.35. The molecule has 1 aromatic carbocycles. The quantitative estimate of drug-likeness (QED) is 0.329. The van der Waals surface area contributed by atoms with E-state index in [0.717, 1.165) is 5.56 Å². The zero-order valence-corrected chi connectivity index (χ0v) is 19.2. The van der Waals surface area contributed by atoms with Gasteiger partial charge in [-0.05, 0) is 30.1 Å². The standard InChI is InChI=1S/C21H37NO4Si/c1-17(20(23)22(5)24-6)19(26-27(7,8)21(2,3)4)14-15-25-16-18-12-10-9-11-13-18/h9-13,17,19H,14-16H2,1-8H3/t17-,19+/m1/s1. The molecule has 0 N–H and O–H groups in total. The topological polar surface area (TPSA) is 48.0 Å². The van der Waals surface area contributed by atoms with E-state index >= 15 is 0 Å². The molecule has 0 radical (unpaired) electrons. The molecule has 0 bridgehead atoms. The van der Waals surface area contributed by atoms with Crippen LogP contribution in [0.1, 0.15) is 39.7 Å². The lowest BCUT2D eigenvalue weighted by molar-refractivity contribution is -0.176. The molecule has 27 heavy (non-hydrogen) atoms. The average molecular weight is 396 g/mol. The number of ether oxygens (including phenoxy) is 1. The van der Waals surface area contributed by atoms with Crippen LogP contribution in [-0.2, 0) is 25.4 Å². The largest absolute Gasteiger partial charge is 0.413 e. The fourth-order valence-corrected chi connectivity index (χ4v) is 3.90. The van der Waals surface area contributed by atoms with Crippen LogP contribution in [-0.4, -0.2) is 46.2 Å². The second kappa shape index (κ2) is 10.4. The molecule has 1 amide bonds. The molecule has 0 saturated carbocycles. The molecule has 1 aromatic rings. The highest BCUT2D eigenvalue weighted by Crippen LogP contribution is 2.38. The summed E-state index contributed by atoms with van der Waals surface area (Å²) in [4.78, 5) is 17.7. The Kier molecular flexibility index (Phi) is 9.15. The third-order valence-electron chi connectivity index (χ3n) is 5.44. The first-order chi connectivity index (χ1) is 12.5. The van der Waals surface area contributed by atoms with Crippen molar-refractivity contribution < 1.29 is 18.8 Å². The van der Waals surface area contributed by atoms with Crippen LogP contribution in [0.15, 0.2) is 30.3 Å². The van der Waals surface area contributed by atoms with E-state index in [9.17, 15) is 4.79 Å². The van der Waals surface area contributed by atoms with Crippen molar-refractivity contribution in [1.29, 1.82) is 0 Å². The summed E-state index contributed by atoms with van der Waals surface area (Å²) < 4.78 is 12.4. The van der Waals surface area contributed by atoms with Crippen LogP contribution in [0.4, 0.5) is 0 Å². The zero-order chi connectivity index (χ0) is 20.7. The summed E-state index contributed by atoms with van der Waals surface area (Å²) in [6, 6.07) is 10.1. The van der Waals surface area contributed by atoms with E-state index in [0.29, 0.717) is 19.6 Å². The Morgan fingerprint density at radius 2 is 1.78 bits per heavy atom. The molecule has 0 spiro atoms. The van der Waals surface area contributed by atoms with E-state index in [1.165, 1.54) is 12.2 Å². The summed E-state index contributed by atoms with van der Waals surface area (Å²) in [6.07, 6.45) is 0.468. The number of carbonyl (C=O) groups excluding carboxylic acids is 1. The second-order valence-corrected chi connectivity index (χ2v) is 13.3. The molecular formula is C21H37NO4Si. The molecular weight excluding hydrogens is 358 g/mol. The maximum atomic E-state index is 12.6. The normalized spacial score (nSPS) is 14.7. The summed E-state index contributed by atoms with van der Waals surface area (Å²) in [6.45, 7) is 14.1. The maximum Gasteiger partial charge on any atom is 0.251 e. The summed E-state index contributed by atoms with van der Waals surface area (Å²) in [5.41, 5.74) is 1.14. The number of benzene rings is 1. The van der Waals surface area contributed by atoms with E-state index < -0.39 is 8.32 Å². The van der Waals surface area contributed by atoms with Gasteiger partial charge in [-0.3, -0.25) is 9.63 Å². The van der Waals surface area contributed by atoms with Crippen molar-refractivity contribution in [3.05, 3.63) is 35.9 Å². The van der Waals surface area contributed by atoms with Crippen LogP contribution in [0, 0.1) is 5.92 Å². The van der Waals surface area contributed by atoms with Gasteiger partial charge in [0, 0.05) is 13.7 Å². The predicted octanol–water partition coefficient (Wildman–Crippen LogP) is 4.64. The van der Waals surface area contributed by atoms with Crippen molar-refractivity contribution in [2.45, 2.75) is 65.0 Å². The maximum absolute atomic E-state index is 12.6. The van der Waals surface area contributed by atoms with Gasteiger partial charge in [0.1, 0.15) is 0 Å². The zero-order valence-electron chi connectivity index (χ0n) is 18.2. The Hall–Kier alpha value is -1.21. The molecule has 0 aromatic heterocycles. The lowest BCUT2D eigenvalue weighted by atomic mass is 10.0. The molecule has 0 aliphatic rings. The van der Waals surface area contributed by atoms with E-state index in [2.05, 4.69) is 33.9 Å². The van der Waals surface area contributed by atoms with Crippen molar-refractivity contribution in [2.24, 2.45) is 5.92 Å². The van der Waals surface area contributed by atoms with E-state index in [1.54, 1.807) is 7.05 Å². The van der Waals surface area contributed by atoms with Crippen molar-refractivity contribution in [3.8, 4) is 0 Å². The molecule has 0 saturated heterocycles. The molecule has 5 nitrogen and oxygen atoms in total. The minimum absolute atomic E-state index is 0.0755. The van der Waals surface area contributed by atoms with Gasteiger partial charge >= 0.3 is 0 Å². The van der Waals surface area contributed by atoms with Gasteiger partial charge in [0.15, 0.2) is 8.32 Å². The Morgan fingerprint density at radius 3 is 2.30 bits per heavy atom. The number of nitrogens with zero attached hydrogens (tertiary/aromatic N) is 1. The summed E-state index contributed by atoms with van der Waals surface area (Å²) >= 11 is 0. The smallest absolute Gasteiger partial charge is 0.251 e. The molecule has 0 fully saturated rings. The van der Waals surface area contributed by atoms with Crippen LogP contribution < -0.4 is 0 Å². The fraction of sp³-hybridized carbons (Fsp3) is 0.667. The van der Waals surface area contributed by atoms with Crippen LogP contribution in [0.2, 0.25) is 18.1 Å². The highest BCUT2D eigenvalue weighted by molar-refractivity contribution is 6.74. The van der Waals surface area contributed by atoms with Crippen LogP contribution >= 0.6 is 0 Å². The lowest BCUT2D eigenvalue weighted by Crippen LogP contribution is -2.48. The molecule has 0 heterocycles. The van der Waals surface area contributed by atoms with Gasteiger partial charge in [-0.25, -0.2) is 5.06 Å². The molecule has 0 unspecified atom stereocenters. The van der Waals surface area contributed by atoms with E-state index in [1.807, 2.05) is 37.3 Å². The number of carbonyl (C=O) groups is 1. The number of rotatable bonds is 10.